The van der Waals surface area contributed by atoms with Crippen molar-refractivity contribution in [1.82, 2.24) is 4.90 Å². The van der Waals surface area contributed by atoms with Crippen LogP contribution in [-0.4, -0.2) is 45.1 Å². The normalized spacial score (nSPS) is 24.8. The molecule has 0 aromatic heterocycles. The monoisotopic (exact) mass is 288 g/mol. The van der Waals surface area contributed by atoms with Gasteiger partial charge in [-0.05, 0) is 18.8 Å². The molecule has 1 rings (SSSR count). The quantitative estimate of drug-likeness (QED) is 0.774. The average molecular weight is 288 g/mol. The molecule has 1 amide bonds. The number of nitrogens with zero attached hydrogens (tertiary/aromatic N) is 1. The third-order valence-corrected chi connectivity index (χ3v) is 4.57. The average Bonchev–Trinajstić information content (AvgIpc) is 2.71. The SMILES string of the molecule is CCCC1SCC(C(=O)O)N1C(=O)[C@H](N)CC(C)C. The van der Waals surface area contributed by atoms with Crippen molar-refractivity contribution < 1.29 is 14.7 Å². The maximum Gasteiger partial charge on any atom is 0.327 e. The van der Waals surface area contributed by atoms with Gasteiger partial charge in [0.05, 0.1) is 11.4 Å². The van der Waals surface area contributed by atoms with E-state index in [0.717, 1.165) is 12.8 Å². The second kappa shape index (κ2) is 7.14. The van der Waals surface area contributed by atoms with Crippen LogP contribution in [0.4, 0.5) is 0 Å². The topological polar surface area (TPSA) is 83.6 Å². The van der Waals surface area contributed by atoms with Gasteiger partial charge in [-0.1, -0.05) is 27.2 Å². The van der Waals surface area contributed by atoms with Gasteiger partial charge in [0.1, 0.15) is 6.04 Å². The molecule has 0 aromatic carbocycles. The zero-order chi connectivity index (χ0) is 14.6. The molecule has 5 nitrogen and oxygen atoms in total. The van der Waals surface area contributed by atoms with Gasteiger partial charge >= 0.3 is 5.97 Å². The molecular weight excluding hydrogens is 264 g/mol. The molecule has 1 aliphatic heterocycles. The van der Waals surface area contributed by atoms with Crippen LogP contribution in [-0.2, 0) is 9.59 Å². The zero-order valence-electron chi connectivity index (χ0n) is 11.8. The van der Waals surface area contributed by atoms with Gasteiger partial charge in [0, 0.05) is 5.75 Å². The van der Waals surface area contributed by atoms with Gasteiger partial charge in [0.2, 0.25) is 5.91 Å². The molecule has 1 fully saturated rings. The molecule has 6 heteroatoms. The maximum absolute atomic E-state index is 12.4. The molecule has 0 aromatic rings. The number of carbonyl (C=O) groups is 2. The number of hydrogen-bond donors (Lipinski definition) is 2. The summed E-state index contributed by atoms with van der Waals surface area (Å²) in [5.41, 5.74) is 5.93. The smallest absolute Gasteiger partial charge is 0.327 e. The Kier molecular flexibility index (Phi) is 6.13. The molecule has 110 valence electrons. The van der Waals surface area contributed by atoms with Crippen LogP contribution in [0.3, 0.4) is 0 Å². The van der Waals surface area contributed by atoms with E-state index >= 15 is 0 Å². The lowest BCUT2D eigenvalue weighted by Crippen LogP contribution is -2.52. The van der Waals surface area contributed by atoms with Gasteiger partial charge in [0.15, 0.2) is 0 Å². The standard InChI is InChI=1S/C13H24N2O3S/c1-4-5-11-15(10(7-19-11)13(17)18)12(16)9(14)6-8(2)3/h8-11H,4-7,14H2,1-3H3,(H,17,18)/t9-,10?,11?/m1/s1. The van der Waals surface area contributed by atoms with Crippen LogP contribution in [0, 0.1) is 5.92 Å². The largest absolute Gasteiger partial charge is 0.480 e. The lowest BCUT2D eigenvalue weighted by atomic mass is 10.0. The van der Waals surface area contributed by atoms with E-state index in [1.165, 1.54) is 4.90 Å². The number of hydrogen-bond acceptors (Lipinski definition) is 4. The number of rotatable bonds is 6. The Morgan fingerprint density at radius 3 is 2.58 bits per heavy atom. The predicted molar refractivity (Wildman–Crippen MR) is 76.9 cm³/mol. The summed E-state index contributed by atoms with van der Waals surface area (Å²) in [6.45, 7) is 6.04. The Hall–Kier alpha value is -0.750. The summed E-state index contributed by atoms with van der Waals surface area (Å²) < 4.78 is 0. The highest BCUT2D eigenvalue weighted by Gasteiger charge is 2.42. The van der Waals surface area contributed by atoms with Gasteiger partial charge in [-0.15, -0.1) is 11.8 Å². The zero-order valence-corrected chi connectivity index (χ0v) is 12.7. The molecule has 19 heavy (non-hydrogen) atoms. The number of carboxylic acid groups (broad SMARTS) is 1. The summed E-state index contributed by atoms with van der Waals surface area (Å²) in [6, 6.07) is -1.33. The first-order chi connectivity index (χ1) is 8.88. The van der Waals surface area contributed by atoms with E-state index in [1.807, 2.05) is 20.8 Å². The van der Waals surface area contributed by atoms with Gasteiger partial charge in [-0.2, -0.15) is 0 Å². The summed E-state index contributed by atoms with van der Waals surface area (Å²) in [7, 11) is 0. The van der Waals surface area contributed by atoms with Gasteiger partial charge in [-0.25, -0.2) is 4.79 Å². The molecular formula is C13H24N2O3S. The molecule has 1 saturated heterocycles. The van der Waals surface area contributed by atoms with Crippen LogP contribution >= 0.6 is 11.8 Å². The third-order valence-electron chi connectivity index (χ3n) is 3.21. The van der Waals surface area contributed by atoms with E-state index in [4.69, 9.17) is 5.73 Å². The van der Waals surface area contributed by atoms with Crippen molar-refractivity contribution in [3.63, 3.8) is 0 Å². The molecule has 0 aliphatic carbocycles. The van der Waals surface area contributed by atoms with Crippen molar-refractivity contribution >= 4 is 23.6 Å². The molecule has 3 atom stereocenters. The first-order valence-electron chi connectivity index (χ1n) is 6.80. The fourth-order valence-corrected chi connectivity index (χ4v) is 3.84. The molecule has 2 unspecified atom stereocenters. The summed E-state index contributed by atoms with van der Waals surface area (Å²) in [5, 5.41) is 9.19. The lowest BCUT2D eigenvalue weighted by Gasteiger charge is -2.30. The molecule has 0 spiro atoms. The predicted octanol–water partition coefficient (Wildman–Crippen LogP) is 1.51. The number of carbonyl (C=O) groups excluding carboxylic acids is 1. The van der Waals surface area contributed by atoms with E-state index in [9.17, 15) is 14.7 Å². The summed E-state index contributed by atoms with van der Waals surface area (Å²) in [4.78, 5) is 25.2. The van der Waals surface area contributed by atoms with Crippen molar-refractivity contribution in [2.24, 2.45) is 11.7 Å². The van der Waals surface area contributed by atoms with Crippen LogP contribution in [0.5, 0.6) is 0 Å². The van der Waals surface area contributed by atoms with E-state index < -0.39 is 18.1 Å². The highest BCUT2D eigenvalue weighted by Crippen LogP contribution is 2.33. The Morgan fingerprint density at radius 1 is 1.47 bits per heavy atom. The van der Waals surface area contributed by atoms with Crippen LogP contribution in [0.1, 0.15) is 40.0 Å². The molecule has 0 radical (unpaired) electrons. The van der Waals surface area contributed by atoms with Crippen molar-refractivity contribution in [3.05, 3.63) is 0 Å². The van der Waals surface area contributed by atoms with Crippen LogP contribution in [0.25, 0.3) is 0 Å². The Labute approximate surface area is 118 Å². The number of amides is 1. The minimum absolute atomic E-state index is 0.0446. The van der Waals surface area contributed by atoms with Crippen molar-refractivity contribution in [3.8, 4) is 0 Å². The third kappa shape index (κ3) is 4.11. The Bertz CT molecular complexity index is 336. The fourth-order valence-electron chi connectivity index (χ4n) is 2.32. The van der Waals surface area contributed by atoms with Crippen molar-refractivity contribution in [1.29, 1.82) is 0 Å². The highest BCUT2D eigenvalue weighted by atomic mass is 32.2. The number of aliphatic carboxylic acids is 1. The second-order valence-corrected chi connectivity index (χ2v) is 6.62. The molecule has 1 heterocycles. The summed E-state index contributed by atoms with van der Waals surface area (Å²) >= 11 is 1.54. The summed E-state index contributed by atoms with van der Waals surface area (Å²) in [5.74, 6) is -0.372. The number of thioether (sulfide) groups is 1. The molecule has 3 N–H and O–H groups in total. The molecule has 0 bridgehead atoms. The minimum Gasteiger partial charge on any atom is -0.480 e. The number of carboxylic acids is 1. The van der Waals surface area contributed by atoms with E-state index in [2.05, 4.69) is 0 Å². The summed E-state index contributed by atoms with van der Waals surface area (Å²) in [6.07, 6.45) is 2.33. The van der Waals surface area contributed by atoms with Crippen molar-refractivity contribution in [2.45, 2.75) is 57.5 Å². The van der Waals surface area contributed by atoms with E-state index in [-0.39, 0.29) is 11.3 Å². The van der Waals surface area contributed by atoms with Crippen LogP contribution in [0.2, 0.25) is 0 Å². The van der Waals surface area contributed by atoms with Crippen LogP contribution in [0.15, 0.2) is 0 Å². The van der Waals surface area contributed by atoms with Crippen LogP contribution < -0.4 is 5.73 Å². The lowest BCUT2D eigenvalue weighted by molar-refractivity contribution is -0.149. The molecule has 0 saturated carbocycles. The highest BCUT2D eigenvalue weighted by molar-refractivity contribution is 8.00. The molecule has 1 aliphatic rings. The van der Waals surface area contributed by atoms with E-state index in [1.54, 1.807) is 11.8 Å². The first kappa shape index (κ1) is 16.3. The fraction of sp³-hybridized carbons (Fsp3) is 0.846. The van der Waals surface area contributed by atoms with Gasteiger partial charge < -0.3 is 15.7 Å². The maximum atomic E-state index is 12.4. The van der Waals surface area contributed by atoms with Gasteiger partial charge in [0.25, 0.3) is 0 Å². The number of nitrogens with two attached hydrogens (primary N) is 1. The van der Waals surface area contributed by atoms with Gasteiger partial charge in [-0.3, -0.25) is 4.79 Å². The second-order valence-electron chi connectivity index (χ2n) is 5.41. The van der Waals surface area contributed by atoms with E-state index in [0.29, 0.717) is 18.1 Å². The first-order valence-corrected chi connectivity index (χ1v) is 7.85. The minimum atomic E-state index is -0.934. The Balaban J connectivity index is 2.82. The van der Waals surface area contributed by atoms with Crippen molar-refractivity contribution in [2.75, 3.05) is 5.75 Å². The Morgan fingerprint density at radius 2 is 2.11 bits per heavy atom.